The van der Waals surface area contributed by atoms with Gasteiger partial charge in [-0.15, -0.1) is 11.3 Å². The molecule has 0 fully saturated rings. The van der Waals surface area contributed by atoms with Gasteiger partial charge >= 0.3 is 0 Å². The maximum absolute atomic E-state index is 4.86. The van der Waals surface area contributed by atoms with Gasteiger partial charge in [0.05, 0.1) is 21.4 Å². The van der Waals surface area contributed by atoms with Crippen LogP contribution in [0.2, 0.25) is 0 Å². The van der Waals surface area contributed by atoms with E-state index < -0.39 is 0 Å². The predicted molar refractivity (Wildman–Crippen MR) is 106 cm³/mol. The summed E-state index contributed by atoms with van der Waals surface area (Å²) in [5.41, 5.74) is 5.29. The van der Waals surface area contributed by atoms with Crippen molar-refractivity contribution in [1.82, 2.24) is 9.97 Å². The van der Waals surface area contributed by atoms with Crippen LogP contribution in [0.15, 0.2) is 84.9 Å². The second kappa shape index (κ2) is 5.80. The van der Waals surface area contributed by atoms with Crippen LogP contribution in [0.1, 0.15) is 0 Å². The number of aromatic nitrogens is 2. The van der Waals surface area contributed by atoms with Crippen molar-refractivity contribution in [2.45, 2.75) is 0 Å². The van der Waals surface area contributed by atoms with Gasteiger partial charge in [-0.2, -0.15) is 0 Å². The molecule has 0 unspecified atom stereocenters. The highest BCUT2D eigenvalue weighted by molar-refractivity contribution is 7.21. The lowest BCUT2D eigenvalue weighted by Gasteiger charge is -2.08. The molecule has 0 saturated carbocycles. The number of hydrogen-bond acceptors (Lipinski definition) is 3. The molecule has 5 aromatic rings. The molecule has 2 nitrogen and oxygen atoms in total. The minimum atomic E-state index is 0.980. The van der Waals surface area contributed by atoms with Gasteiger partial charge in [0.15, 0.2) is 0 Å². The van der Waals surface area contributed by atoms with E-state index in [1.165, 1.54) is 4.70 Å². The van der Waals surface area contributed by atoms with Gasteiger partial charge in [0, 0.05) is 16.5 Å². The third-order valence-corrected chi connectivity index (χ3v) is 5.38. The first-order valence-corrected chi connectivity index (χ1v) is 9.01. The number of pyridine rings is 1. The summed E-state index contributed by atoms with van der Waals surface area (Å²) in [7, 11) is 0. The van der Waals surface area contributed by atoms with Crippen molar-refractivity contribution in [3.63, 3.8) is 0 Å². The third-order valence-electron chi connectivity index (χ3n) is 4.31. The standard InChI is InChI=1S/C22H14N2S/c1-2-8-15(9-3-1)20-14-17(16-10-4-5-11-18(16)23-20)22-24-19-12-6-7-13-21(19)25-22/h1-14H. The zero-order valence-electron chi connectivity index (χ0n) is 13.4. The van der Waals surface area contributed by atoms with Crippen molar-refractivity contribution in [2.24, 2.45) is 0 Å². The van der Waals surface area contributed by atoms with Crippen LogP contribution in [0.4, 0.5) is 0 Å². The quantitative estimate of drug-likeness (QED) is 0.384. The van der Waals surface area contributed by atoms with Gasteiger partial charge in [-0.3, -0.25) is 0 Å². The van der Waals surface area contributed by atoms with E-state index in [2.05, 4.69) is 54.6 Å². The van der Waals surface area contributed by atoms with Gasteiger partial charge in [0.25, 0.3) is 0 Å². The van der Waals surface area contributed by atoms with Gasteiger partial charge in [0.1, 0.15) is 5.01 Å². The molecule has 3 heteroatoms. The first kappa shape index (κ1) is 14.3. The summed E-state index contributed by atoms with van der Waals surface area (Å²) < 4.78 is 1.21. The van der Waals surface area contributed by atoms with Crippen LogP contribution in [-0.2, 0) is 0 Å². The van der Waals surface area contributed by atoms with Crippen LogP contribution in [0.25, 0.3) is 42.9 Å². The summed E-state index contributed by atoms with van der Waals surface area (Å²) in [6.45, 7) is 0. The molecule has 0 amide bonds. The van der Waals surface area contributed by atoms with Gasteiger partial charge in [-0.1, -0.05) is 60.7 Å². The number of rotatable bonds is 2. The number of nitrogens with zero attached hydrogens (tertiary/aromatic N) is 2. The molecule has 0 spiro atoms. The Kier molecular flexibility index (Phi) is 3.32. The van der Waals surface area contributed by atoms with Crippen LogP contribution < -0.4 is 0 Å². The monoisotopic (exact) mass is 338 g/mol. The van der Waals surface area contributed by atoms with E-state index in [4.69, 9.17) is 9.97 Å². The number of hydrogen-bond donors (Lipinski definition) is 0. The molecule has 0 radical (unpaired) electrons. The number of fused-ring (bicyclic) bond motifs is 2. The average molecular weight is 338 g/mol. The van der Waals surface area contributed by atoms with Gasteiger partial charge in [0.2, 0.25) is 0 Å². The Balaban J connectivity index is 1.81. The van der Waals surface area contributed by atoms with Gasteiger partial charge in [-0.05, 0) is 24.3 Å². The lowest BCUT2D eigenvalue weighted by Crippen LogP contribution is -1.89. The van der Waals surface area contributed by atoms with E-state index in [9.17, 15) is 0 Å². The Bertz CT molecular complexity index is 1160. The maximum Gasteiger partial charge on any atom is 0.125 e. The first-order chi connectivity index (χ1) is 12.4. The van der Waals surface area contributed by atoms with Crippen molar-refractivity contribution < 1.29 is 0 Å². The lowest BCUT2D eigenvalue weighted by atomic mass is 10.0. The third kappa shape index (κ3) is 2.49. The molecule has 0 bridgehead atoms. The van der Waals surface area contributed by atoms with E-state index in [1.807, 2.05) is 30.3 Å². The van der Waals surface area contributed by atoms with Crippen LogP contribution in [-0.4, -0.2) is 9.97 Å². The highest BCUT2D eigenvalue weighted by Gasteiger charge is 2.12. The molecule has 0 saturated heterocycles. The predicted octanol–water partition coefficient (Wildman–Crippen LogP) is 6.18. The van der Waals surface area contributed by atoms with E-state index in [-0.39, 0.29) is 0 Å². The van der Waals surface area contributed by atoms with Crippen LogP contribution >= 0.6 is 11.3 Å². The largest absolute Gasteiger partial charge is 0.248 e. The topological polar surface area (TPSA) is 25.8 Å². The minimum absolute atomic E-state index is 0.980. The molecule has 25 heavy (non-hydrogen) atoms. The van der Waals surface area contributed by atoms with Crippen LogP contribution in [0, 0.1) is 0 Å². The molecule has 3 aromatic carbocycles. The molecule has 118 valence electrons. The Morgan fingerprint density at radius 2 is 1.36 bits per heavy atom. The second-order valence-corrected chi connectivity index (χ2v) is 6.96. The SMILES string of the molecule is c1ccc(-c2cc(-c3nc4ccccc4s3)c3ccccc3n2)cc1. The molecule has 5 rings (SSSR count). The summed E-state index contributed by atoms with van der Waals surface area (Å²) in [4.78, 5) is 9.72. The summed E-state index contributed by atoms with van der Waals surface area (Å²) in [6.07, 6.45) is 0. The molecule has 0 atom stereocenters. The molecular weight excluding hydrogens is 324 g/mol. The number of benzene rings is 3. The van der Waals surface area contributed by atoms with E-state index in [0.717, 1.165) is 38.2 Å². The lowest BCUT2D eigenvalue weighted by molar-refractivity contribution is 1.39. The van der Waals surface area contributed by atoms with Gasteiger partial charge < -0.3 is 0 Å². The van der Waals surface area contributed by atoms with Crippen LogP contribution in [0.5, 0.6) is 0 Å². The molecule has 0 aliphatic carbocycles. The first-order valence-electron chi connectivity index (χ1n) is 8.20. The molecule has 0 aliphatic rings. The fraction of sp³-hybridized carbons (Fsp3) is 0. The Hall–Kier alpha value is -3.04. The summed E-state index contributed by atoms with van der Waals surface area (Å²) in [6, 6.07) is 29.0. The summed E-state index contributed by atoms with van der Waals surface area (Å²) in [5.74, 6) is 0. The normalized spacial score (nSPS) is 11.2. The average Bonchev–Trinajstić information content (AvgIpc) is 3.12. The Morgan fingerprint density at radius 1 is 0.640 bits per heavy atom. The van der Waals surface area contributed by atoms with Crippen molar-refractivity contribution in [2.75, 3.05) is 0 Å². The maximum atomic E-state index is 4.86. The Morgan fingerprint density at radius 3 is 2.20 bits per heavy atom. The zero-order valence-corrected chi connectivity index (χ0v) is 14.2. The highest BCUT2D eigenvalue weighted by Crippen LogP contribution is 2.36. The number of thiazole rings is 1. The number of para-hydroxylation sites is 2. The molecular formula is C22H14N2S. The summed E-state index contributed by atoms with van der Waals surface area (Å²) in [5, 5.41) is 2.18. The smallest absolute Gasteiger partial charge is 0.125 e. The van der Waals surface area contributed by atoms with E-state index >= 15 is 0 Å². The fourth-order valence-electron chi connectivity index (χ4n) is 3.10. The van der Waals surface area contributed by atoms with Crippen molar-refractivity contribution >= 4 is 32.5 Å². The van der Waals surface area contributed by atoms with Crippen LogP contribution in [0.3, 0.4) is 0 Å². The second-order valence-electron chi connectivity index (χ2n) is 5.92. The highest BCUT2D eigenvalue weighted by atomic mass is 32.1. The Labute approximate surface area is 149 Å². The minimum Gasteiger partial charge on any atom is -0.248 e. The summed E-state index contributed by atoms with van der Waals surface area (Å²) >= 11 is 1.73. The van der Waals surface area contributed by atoms with Crippen molar-refractivity contribution in [3.05, 3.63) is 84.9 Å². The van der Waals surface area contributed by atoms with Gasteiger partial charge in [-0.25, -0.2) is 9.97 Å². The van der Waals surface area contributed by atoms with Crippen molar-refractivity contribution in [1.29, 1.82) is 0 Å². The molecule has 0 N–H and O–H groups in total. The zero-order chi connectivity index (χ0) is 16.6. The van der Waals surface area contributed by atoms with Crippen molar-refractivity contribution in [3.8, 4) is 21.8 Å². The molecule has 2 heterocycles. The molecule has 0 aliphatic heterocycles. The molecule has 2 aromatic heterocycles. The van der Waals surface area contributed by atoms with E-state index in [1.54, 1.807) is 11.3 Å². The fourth-order valence-corrected chi connectivity index (χ4v) is 4.09. The van der Waals surface area contributed by atoms with E-state index in [0.29, 0.717) is 0 Å².